The number of aliphatic hydroxyl groups is 1. The fourth-order valence-electron chi connectivity index (χ4n) is 2.72. The Kier molecular flexibility index (Phi) is 5.11. The van der Waals surface area contributed by atoms with Crippen LogP contribution in [0.1, 0.15) is 60.8 Å². The molecule has 0 aromatic carbocycles. The molecule has 0 bridgehead atoms. The molecule has 1 aliphatic rings. The van der Waals surface area contributed by atoms with Crippen LogP contribution in [0.3, 0.4) is 0 Å². The van der Waals surface area contributed by atoms with Gasteiger partial charge in [0.1, 0.15) is 6.04 Å². The highest BCUT2D eigenvalue weighted by molar-refractivity contribution is 7.11. The zero-order chi connectivity index (χ0) is 17.1. The van der Waals surface area contributed by atoms with E-state index in [-0.39, 0.29) is 24.5 Å². The third-order valence-corrected chi connectivity index (χ3v) is 4.99. The summed E-state index contributed by atoms with van der Waals surface area (Å²) in [7, 11) is 0. The summed E-state index contributed by atoms with van der Waals surface area (Å²) >= 11 is 1.50. The van der Waals surface area contributed by atoms with Gasteiger partial charge in [-0.2, -0.15) is 4.98 Å². The van der Waals surface area contributed by atoms with Crippen LogP contribution in [0.2, 0.25) is 0 Å². The molecular formula is C17H21N3O3S. The minimum atomic E-state index is -0.140. The number of hydrogen-bond acceptors (Lipinski definition) is 6. The standard InChI is InChI=1S/C17H21N3O3S/c1-11(2)16-18-17(23-19-16)14-4-3-7-20(14)15(22)6-5-13-8-12(9-21)10-24-13/h5-6,8,10-11,14,21H,3-4,7,9H2,1-2H3/t14-/m0/s1. The van der Waals surface area contributed by atoms with E-state index in [1.165, 1.54) is 11.3 Å². The SMILES string of the molecule is CC(C)c1noc([C@@H]2CCCN2C(=O)C=Cc2cc(CO)cs2)n1. The Hall–Kier alpha value is -1.99. The van der Waals surface area contributed by atoms with E-state index in [0.29, 0.717) is 18.3 Å². The zero-order valence-electron chi connectivity index (χ0n) is 13.8. The van der Waals surface area contributed by atoms with E-state index in [1.54, 1.807) is 17.1 Å². The molecule has 7 heteroatoms. The molecule has 3 rings (SSSR count). The van der Waals surface area contributed by atoms with Gasteiger partial charge in [0, 0.05) is 23.4 Å². The lowest BCUT2D eigenvalue weighted by atomic mass is 10.2. The Morgan fingerprint density at radius 3 is 3.08 bits per heavy atom. The van der Waals surface area contributed by atoms with Crippen LogP contribution >= 0.6 is 11.3 Å². The summed E-state index contributed by atoms with van der Waals surface area (Å²) in [6.45, 7) is 4.73. The van der Waals surface area contributed by atoms with Crippen molar-refractivity contribution in [3.63, 3.8) is 0 Å². The maximum atomic E-state index is 12.5. The predicted octanol–water partition coefficient (Wildman–Crippen LogP) is 3.12. The molecule has 2 aromatic rings. The maximum Gasteiger partial charge on any atom is 0.249 e. The van der Waals surface area contributed by atoms with Crippen LogP contribution in [0.25, 0.3) is 6.08 Å². The van der Waals surface area contributed by atoms with Gasteiger partial charge >= 0.3 is 0 Å². The number of carbonyl (C=O) groups excluding carboxylic acids is 1. The summed E-state index contributed by atoms with van der Waals surface area (Å²) < 4.78 is 5.37. The highest BCUT2D eigenvalue weighted by Crippen LogP contribution is 2.31. The molecule has 3 heterocycles. The molecule has 0 saturated carbocycles. The van der Waals surface area contributed by atoms with Gasteiger partial charge in [0.15, 0.2) is 5.82 Å². The van der Waals surface area contributed by atoms with Gasteiger partial charge in [0.05, 0.1) is 6.61 Å². The Morgan fingerprint density at radius 2 is 2.42 bits per heavy atom. The molecule has 1 aliphatic heterocycles. The molecule has 2 aromatic heterocycles. The van der Waals surface area contributed by atoms with Crippen molar-refractivity contribution < 1.29 is 14.4 Å². The first-order valence-corrected chi connectivity index (χ1v) is 8.97. The summed E-state index contributed by atoms with van der Waals surface area (Å²) in [5, 5.41) is 15.0. The topological polar surface area (TPSA) is 79.5 Å². The molecule has 0 aliphatic carbocycles. The number of aliphatic hydroxyl groups excluding tert-OH is 1. The molecule has 1 N–H and O–H groups in total. The quantitative estimate of drug-likeness (QED) is 0.841. The van der Waals surface area contributed by atoms with Crippen molar-refractivity contribution in [1.82, 2.24) is 15.0 Å². The van der Waals surface area contributed by atoms with Gasteiger partial charge in [-0.1, -0.05) is 19.0 Å². The van der Waals surface area contributed by atoms with Gasteiger partial charge < -0.3 is 14.5 Å². The van der Waals surface area contributed by atoms with Crippen LogP contribution in [0.4, 0.5) is 0 Å². The van der Waals surface area contributed by atoms with Crippen LogP contribution in [-0.2, 0) is 11.4 Å². The summed E-state index contributed by atoms with van der Waals surface area (Å²) in [6.07, 6.45) is 5.13. The van der Waals surface area contributed by atoms with Crippen LogP contribution in [0.5, 0.6) is 0 Å². The predicted molar refractivity (Wildman–Crippen MR) is 91.4 cm³/mol. The number of thiophene rings is 1. The van der Waals surface area contributed by atoms with E-state index in [9.17, 15) is 4.79 Å². The number of hydrogen-bond donors (Lipinski definition) is 1. The van der Waals surface area contributed by atoms with Crippen molar-refractivity contribution in [2.45, 2.75) is 45.3 Å². The lowest BCUT2D eigenvalue weighted by Gasteiger charge is -2.20. The maximum absolute atomic E-state index is 12.5. The zero-order valence-corrected chi connectivity index (χ0v) is 14.6. The first-order valence-electron chi connectivity index (χ1n) is 8.09. The number of aromatic nitrogens is 2. The second-order valence-corrected chi connectivity index (χ2v) is 7.13. The molecule has 0 unspecified atom stereocenters. The van der Waals surface area contributed by atoms with Gasteiger partial charge in [-0.05, 0) is 35.9 Å². The van der Waals surface area contributed by atoms with Gasteiger partial charge in [0.2, 0.25) is 11.8 Å². The Morgan fingerprint density at radius 1 is 1.58 bits per heavy atom. The van der Waals surface area contributed by atoms with Crippen LogP contribution in [0.15, 0.2) is 22.0 Å². The van der Waals surface area contributed by atoms with Crippen LogP contribution in [-0.4, -0.2) is 32.6 Å². The normalized spacial score (nSPS) is 18.2. The van der Waals surface area contributed by atoms with Crippen molar-refractivity contribution in [1.29, 1.82) is 0 Å². The summed E-state index contributed by atoms with van der Waals surface area (Å²) in [4.78, 5) is 19.7. The first kappa shape index (κ1) is 16.9. The molecule has 1 amide bonds. The molecule has 1 atom stereocenters. The Bertz CT molecular complexity index is 735. The molecule has 0 radical (unpaired) electrons. The van der Waals surface area contributed by atoms with E-state index in [1.807, 2.05) is 25.3 Å². The van der Waals surface area contributed by atoms with Crippen LogP contribution in [0, 0.1) is 0 Å². The minimum absolute atomic E-state index is 0.0157. The van der Waals surface area contributed by atoms with E-state index < -0.39 is 0 Å². The van der Waals surface area contributed by atoms with E-state index >= 15 is 0 Å². The van der Waals surface area contributed by atoms with Gasteiger partial charge in [-0.15, -0.1) is 11.3 Å². The lowest BCUT2D eigenvalue weighted by molar-refractivity contribution is -0.127. The average Bonchev–Trinajstić information content (AvgIpc) is 3.31. The third kappa shape index (κ3) is 3.57. The fourth-order valence-corrected chi connectivity index (χ4v) is 3.51. The molecule has 128 valence electrons. The number of rotatable bonds is 5. The summed E-state index contributed by atoms with van der Waals surface area (Å²) in [5.74, 6) is 1.35. The smallest absolute Gasteiger partial charge is 0.249 e. The largest absolute Gasteiger partial charge is 0.392 e. The first-order chi connectivity index (χ1) is 11.6. The van der Waals surface area contributed by atoms with Gasteiger partial charge in [-0.3, -0.25) is 4.79 Å². The van der Waals surface area contributed by atoms with Crippen LogP contribution < -0.4 is 0 Å². The Balaban J connectivity index is 1.70. The number of carbonyl (C=O) groups is 1. The number of nitrogens with zero attached hydrogens (tertiary/aromatic N) is 3. The van der Waals surface area contributed by atoms with Crippen molar-refractivity contribution in [3.8, 4) is 0 Å². The molecule has 0 spiro atoms. The molecule has 1 fully saturated rings. The minimum Gasteiger partial charge on any atom is -0.392 e. The molecule has 6 nitrogen and oxygen atoms in total. The van der Waals surface area contributed by atoms with Crippen molar-refractivity contribution >= 4 is 23.3 Å². The summed E-state index contributed by atoms with van der Waals surface area (Å²) in [5.41, 5.74) is 0.859. The van der Waals surface area contributed by atoms with Crippen molar-refractivity contribution in [2.75, 3.05) is 6.54 Å². The van der Waals surface area contributed by atoms with E-state index in [4.69, 9.17) is 9.63 Å². The monoisotopic (exact) mass is 347 g/mol. The second-order valence-electron chi connectivity index (χ2n) is 6.18. The van der Waals surface area contributed by atoms with Gasteiger partial charge in [-0.25, -0.2) is 0 Å². The lowest BCUT2D eigenvalue weighted by Crippen LogP contribution is -2.29. The molecular weight excluding hydrogens is 326 g/mol. The third-order valence-electron chi connectivity index (χ3n) is 4.04. The highest BCUT2D eigenvalue weighted by Gasteiger charge is 2.33. The second kappa shape index (κ2) is 7.27. The molecule has 24 heavy (non-hydrogen) atoms. The van der Waals surface area contributed by atoms with Gasteiger partial charge in [0.25, 0.3) is 0 Å². The van der Waals surface area contributed by atoms with E-state index in [2.05, 4.69) is 10.1 Å². The summed E-state index contributed by atoms with van der Waals surface area (Å²) in [6, 6.07) is 1.74. The van der Waals surface area contributed by atoms with Crippen molar-refractivity contribution in [2.24, 2.45) is 0 Å². The van der Waals surface area contributed by atoms with Crippen molar-refractivity contribution in [3.05, 3.63) is 39.7 Å². The average molecular weight is 347 g/mol. The Labute approximate surface area is 144 Å². The number of likely N-dealkylation sites (tertiary alicyclic amines) is 1. The number of amides is 1. The van der Waals surface area contributed by atoms with E-state index in [0.717, 1.165) is 23.3 Å². The highest BCUT2D eigenvalue weighted by atomic mass is 32.1. The molecule has 1 saturated heterocycles. The fraction of sp³-hybridized carbons (Fsp3) is 0.471.